The Bertz CT molecular complexity index is 444. The molecular formula is C13H19N3O2. The minimum absolute atomic E-state index is 0.335. The van der Waals surface area contributed by atoms with Crippen LogP contribution in [0.5, 0.6) is 0 Å². The van der Waals surface area contributed by atoms with E-state index in [4.69, 9.17) is 5.73 Å². The monoisotopic (exact) mass is 249 g/mol. The van der Waals surface area contributed by atoms with E-state index in [2.05, 4.69) is 22.0 Å². The molecule has 0 saturated heterocycles. The summed E-state index contributed by atoms with van der Waals surface area (Å²) < 4.78 is 4.68. The number of rotatable bonds is 5. The Hall–Kier alpha value is -1.78. The summed E-state index contributed by atoms with van der Waals surface area (Å²) in [4.78, 5) is 15.7. The summed E-state index contributed by atoms with van der Waals surface area (Å²) >= 11 is 0. The Morgan fingerprint density at radius 2 is 2.39 bits per heavy atom. The summed E-state index contributed by atoms with van der Waals surface area (Å²) in [6, 6.07) is 1.99. The van der Waals surface area contributed by atoms with Crippen LogP contribution in [-0.2, 0) is 4.74 Å². The molecule has 0 aliphatic heterocycles. The molecule has 1 aliphatic carbocycles. The van der Waals surface area contributed by atoms with Crippen molar-refractivity contribution in [2.24, 2.45) is 5.92 Å². The number of methoxy groups -OCH3 is 1. The molecule has 0 radical (unpaired) electrons. The number of ether oxygens (including phenoxy) is 1. The maximum absolute atomic E-state index is 11.5. The predicted octanol–water partition coefficient (Wildman–Crippen LogP) is 2.05. The summed E-state index contributed by atoms with van der Waals surface area (Å²) in [5.41, 5.74) is 6.39. The highest BCUT2D eigenvalue weighted by atomic mass is 16.5. The first-order valence-corrected chi connectivity index (χ1v) is 6.20. The topological polar surface area (TPSA) is 77.2 Å². The van der Waals surface area contributed by atoms with Crippen LogP contribution in [-0.4, -0.2) is 24.1 Å². The summed E-state index contributed by atoms with van der Waals surface area (Å²) in [7, 11) is 1.34. The second-order valence-electron chi connectivity index (χ2n) is 4.87. The van der Waals surface area contributed by atoms with Crippen molar-refractivity contribution in [1.82, 2.24) is 4.98 Å². The van der Waals surface area contributed by atoms with Crippen LogP contribution < -0.4 is 11.1 Å². The maximum atomic E-state index is 11.5. The van der Waals surface area contributed by atoms with Gasteiger partial charge in [0.15, 0.2) is 0 Å². The minimum Gasteiger partial charge on any atom is -0.465 e. The number of esters is 1. The molecule has 0 bridgehead atoms. The van der Waals surface area contributed by atoms with Gasteiger partial charge in [-0.25, -0.2) is 9.78 Å². The third kappa shape index (κ3) is 3.12. The molecule has 0 aromatic carbocycles. The first-order valence-electron chi connectivity index (χ1n) is 6.20. The Balaban J connectivity index is 2.05. The fourth-order valence-electron chi connectivity index (χ4n) is 2.00. The zero-order chi connectivity index (χ0) is 13.1. The molecule has 2 rings (SSSR count). The standard InChI is InChI=1S/C13H19N3O2/c1-8(5-9-3-4-9)16-12-6-10(13(17)18-2)11(14)7-15-12/h6-9H,3-5,14H2,1-2H3,(H,15,16). The second kappa shape index (κ2) is 5.25. The average molecular weight is 249 g/mol. The normalized spacial score (nSPS) is 16.1. The van der Waals surface area contributed by atoms with E-state index in [0.717, 1.165) is 12.3 Å². The molecule has 1 fully saturated rings. The average Bonchev–Trinajstić information content (AvgIpc) is 3.14. The Labute approximate surface area is 107 Å². The van der Waals surface area contributed by atoms with Crippen molar-refractivity contribution in [3.05, 3.63) is 17.8 Å². The molecule has 5 nitrogen and oxygen atoms in total. The van der Waals surface area contributed by atoms with Crippen LogP contribution in [0.4, 0.5) is 11.5 Å². The van der Waals surface area contributed by atoms with Crippen molar-refractivity contribution in [2.45, 2.75) is 32.2 Å². The van der Waals surface area contributed by atoms with E-state index < -0.39 is 5.97 Å². The molecule has 5 heteroatoms. The van der Waals surface area contributed by atoms with Gasteiger partial charge in [0.1, 0.15) is 5.82 Å². The zero-order valence-corrected chi connectivity index (χ0v) is 10.8. The molecule has 1 aromatic heterocycles. The molecule has 1 atom stereocenters. The smallest absolute Gasteiger partial charge is 0.340 e. The summed E-state index contributed by atoms with van der Waals surface area (Å²) in [5.74, 6) is 1.08. The Morgan fingerprint density at radius 3 is 3.00 bits per heavy atom. The van der Waals surface area contributed by atoms with Crippen LogP contribution in [0.15, 0.2) is 12.3 Å². The highest BCUT2D eigenvalue weighted by molar-refractivity contribution is 5.95. The van der Waals surface area contributed by atoms with Gasteiger partial charge in [0.05, 0.1) is 24.6 Å². The number of nitrogen functional groups attached to an aromatic ring is 1. The molecule has 1 heterocycles. The first-order chi connectivity index (χ1) is 8.60. The lowest BCUT2D eigenvalue weighted by atomic mass is 10.1. The van der Waals surface area contributed by atoms with E-state index in [-0.39, 0.29) is 0 Å². The lowest BCUT2D eigenvalue weighted by Crippen LogP contribution is -2.17. The van der Waals surface area contributed by atoms with Gasteiger partial charge in [0.2, 0.25) is 0 Å². The van der Waals surface area contributed by atoms with E-state index >= 15 is 0 Å². The highest BCUT2D eigenvalue weighted by Gasteiger charge is 2.23. The number of pyridine rings is 1. The van der Waals surface area contributed by atoms with Gasteiger partial charge in [-0.2, -0.15) is 0 Å². The number of anilines is 2. The van der Waals surface area contributed by atoms with Gasteiger partial charge in [-0.3, -0.25) is 0 Å². The molecule has 1 aromatic rings. The molecule has 0 spiro atoms. The van der Waals surface area contributed by atoms with E-state index in [1.54, 1.807) is 6.07 Å². The van der Waals surface area contributed by atoms with Crippen molar-refractivity contribution in [3.63, 3.8) is 0 Å². The number of hydrogen-bond acceptors (Lipinski definition) is 5. The molecular weight excluding hydrogens is 230 g/mol. The third-order valence-corrected chi connectivity index (χ3v) is 3.12. The number of aromatic nitrogens is 1. The van der Waals surface area contributed by atoms with Crippen LogP contribution in [0.3, 0.4) is 0 Å². The number of carbonyl (C=O) groups excluding carboxylic acids is 1. The van der Waals surface area contributed by atoms with Gasteiger partial charge in [0.25, 0.3) is 0 Å². The van der Waals surface area contributed by atoms with Gasteiger partial charge >= 0.3 is 5.97 Å². The SMILES string of the molecule is COC(=O)c1cc(NC(C)CC2CC2)ncc1N. The second-order valence-corrected chi connectivity index (χ2v) is 4.87. The molecule has 1 aliphatic rings. The number of hydrogen-bond donors (Lipinski definition) is 2. The summed E-state index contributed by atoms with van der Waals surface area (Å²) in [6.45, 7) is 2.12. The predicted molar refractivity (Wildman–Crippen MR) is 70.4 cm³/mol. The molecule has 18 heavy (non-hydrogen) atoms. The van der Waals surface area contributed by atoms with Crippen molar-refractivity contribution >= 4 is 17.5 Å². The van der Waals surface area contributed by atoms with Gasteiger partial charge in [-0.1, -0.05) is 12.8 Å². The van der Waals surface area contributed by atoms with Crippen LogP contribution in [0, 0.1) is 5.92 Å². The molecule has 1 unspecified atom stereocenters. The quantitative estimate of drug-likeness (QED) is 0.781. The zero-order valence-electron chi connectivity index (χ0n) is 10.8. The maximum Gasteiger partial charge on any atom is 0.340 e. The summed E-state index contributed by atoms with van der Waals surface area (Å²) in [5, 5.41) is 3.29. The highest BCUT2D eigenvalue weighted by Crippen LogP contribution is 2.34. The third-order valence-electron chi connectivity index (χ3n) is 3.12. The number of carbonyl (C=O) groups is 1. The Morgan fingerprint density at radius 1 is 1.67 bits per heavy atom. The van der Waals surface area contributed by atoms with Crippen molar-refractivity contribution in [2.75, 3.05) is 18.2 Å². The number of nitrogens with zero attached hydrogens (tertiary/aromatic N) is 1. The number of nitrogens with two attached hydrogens (primary N) is 1. The largest absolute Gasteiger partial charge is 0.465 e. The molecule has 1 saturated carbocycles. The van der Waals surface area contributed by atoms with Crippen LogP contribution >= 0.6 is 0 Å². The van der Waals surface area contributed by atoms with Crippen LogP contribution in [0.25, 0.3) is 0 Å². The van der Waals surface area contributed by atoms with E-state index in [1.165, 1.54) is 26.1 Å². The fourth-order valence-corrected chi connectivity index (χ4v) is 2.00. The molecule has 3 N–H and O–H groups in total. The Kier molecular flexibility index (Phi) is 3.69. The van der Waals surface area contributed by atoms with Crippen LogP contribution in [0.1, 0.15) is 36.5 Å². The lowest BCUT2D eigenvalue weighted by molar-refractivity contribution is 0.0602. The van der Waals surface area contributed by atoms with Crippen molar-refractivity contribution < 1.29 is 9.53 Å². The van der Waals surface area contributed by atoms with Crippen molar-refractivity contribution in [3.8, 4) is 0 Å². The van der Waals surface area contributed by atoms with Gasteiger partial charge in [0, 0.05) is 6.04 Å². The van der Waals surface area contributed by atoms with E-state index in [1.807, 2.05) is 0 Å². The van der Waals surface area contributed by atoms with Crippen LogP contribution in [0.2, 0.25) is 0 Å². The van der Waals surface area contributed by atoms with E-state index in [9.17, 15) is 4.79 Å². The fraction of sp³-hybridized carbons (Fsp3) is 0.538. The van der Waals surface area contributed by atoms with E-state index in [0.29, 0.717) is 23.1 Å². The minimum atomic E-state index is -0.437. The number of nitrogens with one attached hydrogen (secondary N) is 1. The first kappa shape index (κ1) is 12.7. The van der Waals surface area contributed by atoms with Gasteiger partial charge < -0.3 is 15.8 Å². The molecule has 0 amide bonds. The molecule has 98 valence electrons. The van der Waals surface area contributed by atoms with Gasteiger partial charge in [-0.05, 0) is 25.3 Å². The summed E-state index contributed by atoms with van der Waals surface area (Å²) in [6.07, 6.45) is 5.28. The lowest BCUT2D eigenvalue weighted by Gasteiger charge is -2.15. The van der Waals surface area contributed by atoms with Gasteiger partial charge in [-0.15, -0.1) is 0 Å². The van der Waals surface area contributed by atoms with Crippen molar-refractivity contribution in [1.29, 1.82) is 0 Å².